The molecule has 0 saturated carbocycles. The summed E-state index contributed by atoms with van der Waals surface area (Å²) < 4.78 is 0. The molecule has 3 heteroatoms. The molecule has 1 N–H and O–H groups in total. The summed E-state index contributed by atoms with van der Waals surface area (Å²) in [6.45, 7) is 8.95. The Hall–Kier alpha value is -1.45. The molecular weight excluding hydrogens is 258 g/mol. The molecule has 0 radical (unpaired) electrons. The molecule has 3 rings (SSSR count). The highest BCUT2D eigenvalue weighted by Crippen LogP contribution is 2.15. The van der Waals surface area contributed by atoms with Crippen molar-refractivity contribution >= 4 is 10.9 Å². The third-order valence-corrected chi connectivity index (χ3v) is 4.28. The van der Waals surface area contributed by atoms with Crippen molar-refractivity contribution < 1.29 is 0 Å². The number of hydrogen-bond acceptors (Lipinski definition) is 3. The van der Waals surface area contributed by atoms with Crippen LogP contribution in [0, 0.1) is 6.92 Å². The lowest BCUT2D eigenvalue weighted by Crippen LogP contribution is -2.37. The van der Waals surface area contributed by atoms with Crippen LogP contribution in [0.5, 0.6) is 0 Å². The van der Waals surface area contributed by atoms with Crippen LogP contribution in [0.4, 0.5) is 0 Å². The van der Waals surface area contributed by atoms with Crippen LogP contribution in [-0.4, -0.2) is 35.6 Å². The minimum atomic E-state index is 0.537. The van der Waals surface area contributed by atoms with Crippen molar-refractivity contribution in [2.24, 2.45) is 0 Å². The van der Waals surface area contributed by atoms with Gasteiger partial charge in [0, 0.05) is 30.2 Å². The van der Waals surface area contributed by atoms with Gasteiger partial charge in [-0.15, -0.1) is 0 Å². The van der Waals surface area contributed by atoms with E-state index in [9.17, 15) is 0 Å². The number of aryl methyl sites for hydroxylation is 1. The molecule has 1 fully saturated rings. The number of pyridine rings is 1. The monoisotopic (exact) mass is 283 g/mol. The Bertz CT molecular complexity index is 602. The highest BCUT2D eigenvalue weighted by Gasteiger charge is 2.14. The molecule has 1 aromatic carbocycles. The van der Waals surface area contributed by atoms with E-state index >= 15 is 0 Å². The van der Waals surface area contributed by atoms with Gasteiger partial charge < -0.3 is 10.2 Å². The molecule has 1 atom stereocenters. The lowest BCUT2D eigenvalue weighted by molar-refractivity contribution is 0.298. The Kier molecular flexibility index (Phi) is 4.51. The van der Waals surface area contributed by atoms with E-state index in [4.69, 9.17) is 0 Å². The summed E-state index contributed by atoms with van der Waals surface area (Å²) in [4.78, 5) is 7.11. The SMILES string of the molecule is Cc1ccc2cc(CNC(C)CN3CCCC3)ccc2n1. The van der Waals surface area contributed by atoms with E-state index in [0.717, 1.165) is 24.3 Å². The van der Waals surface area contributed by atoms with Crippen LogP contribution in [0.25, 0.3) is 10.9 Å². The van der Waals surface area contributed by atoms with Gasteiger partial charge in [-0.2, -0.15) is 0 Å². The van der Waals surface area contributed by atoms with E-state index in [-0.39, 0.29) is 0 Å². The van der Waals surface area contributed by atoms with Crippen LogP contribution in [0.2, 0.25) is 0 Å². The van der Waals surface area contributed by atoms with Gasteiger partial charge in [0.2, 0.25) is 0 Å². The molecule has 1 saturated heterocycles. The number of aromatic nitrogens is 1. The fourth-order valence-electron chi connectivity index (χ4n) is 3.10. The average Bonchev–Trinajstić information content (AvgIpc) is 2.98. The van der Waals surface area contributed by atoms with Crippen molar-refractivity contribution in [2.75, 3.05) is 19.6 Å². The zero-order valence-electron chi connectivity index (χ0n) is 13.1. The van der Waals surface area contributed by atoms with Crippen molar-refractivity contribution in [2.45, 2.75) is 39.3 Å². The maximum absolute atomic E-state index is 4.55. The second kappa shape index (κ2) is 6.54. The summed E-state index contributed by atoms with van der Waals surface area (Å²) >= 11 is 0. The first-order chi connectivity index (χ1) is 10.2. The number of hydrogen-bond donors (Lipinski definition) is 1. The van der Waals surface area contributed by atoms with Crippen LogP contribution >= 0.6 is 0 Å². The van der Waals surface area contributed by atoms with Gasteiger partial charge in [-0.3, -0.25) is 4.98 Å². The fourth-order valence-corrected chi connectivity index (χ4v) is 3.10. The predicted molar refractivity (Wildman–Crippen MR) is 88.5 cm³/mol. The number of nitrogens with zero attached hydrogens (tertiary/aromatic N) is 2. The fraction of sp³-hybridized carbons (Fsp3) is 0.500. The minimum Gasteiger partial charge on any atom is -0.309 e. The molecule has 112 valence electrons. The smallest absolute Gasteiger partial charge is 0.0705 e. The molecule has 2 heterocycles. The first kappa shape index (κ1) is 14.5. The van der Waals surface area contributed by atoms with Crippen LogP contribution in [0.15, 0.2) is 30.3 Å². The molecule has 2 aromatic rings. The third-order valence-electron chi connectivity index (χ3n) is 4.28. The van der Waals surface area contributed by atoms with E-state index in [1.807, 2.05) is 6.92 Å². The molecule has 0 aliphatic carbocycles. The Labute approximate surface area is 127 Å². The van der Waals surface area contributed by atoms with E-state index < -0.39 is 0 Å². The molecule has 3 nitrogen and oxygen atoms in total. The largest absolute Gasteiger partial charge is 0.309 e. The minimum absolute atomic E-state index is 0.537. The molecule has 1 aromatic heterocycles. The average molecular weight is 283 g/mol. The lowest BCUT2D eigenvalue weighted by atomic mass is 10.1. The predicted octanol–water partition coefficient (Wildman–Crippen LogP) is 3.12. The molecule has 0 bridgehead atoms. The normalized spacial score (nSPS) is 17.4. The first-order valence-electron chi connectivity index (χ1n) is 8.03. The molecule has 1 aliphatic rings. The van der Waals surface area contributed by atoms with Crippen molar-refractivity contribution in [1.82, 2.24) is 15.2 Å². The van der Waals surface area contributed by atoms with Gasteiger partial charge in [-0.05, 0) is 63.5 Å². The number of rotatable bonds is 5. The Morgan fingerprint density at radius 1 is 1.19 bits per heavy atom. The van der Waals surface area contributed by atoms with E-state index in [1.54, 1.807) is 0 Å². The quantitative estimate of drug-likeness (QED) is 0.914. The maximum Gasteiger partial charge on any atom is 0.0705 e. The van der Waals surface area contributed by atoms with Crippen molar-refractivity contribution in [1.29, 1.82) is 0 Å². The molecule has 0 spiro atoms. The summed E-state index contributed by atoms with van der Waals surface area (Å²) in [5.74, 6) is 0. The highest BCUT2D eigenvalue weighted by atomic mass is 15.2. The summed E-state index contributed by atoms with van der Waals surface area (Å²) in [7, 11) is 0. The van der Waals surface area contributed by atoms with E-state index in [2.05, 4.69) is 52.5 Å². The standard InChI is InChI=1S/C18H25N3/c1-14-5-7-17-11-16(6-8-18(17)20-14)12-19-15(2)13-21-9-3-4-10-21/h5-8,11,15,19H,3-4,9-10,12-13H2,1-2H3. The summed E-state index contributed by atoms with van der Waals surface area (Å²) in [6.07, 6.45) is 2.73. The van der Waals surface area contributed by atoms with Gasteiger partial charge in [0.25, 0.3) is 0 Å². The highest BCUT2D eigenvalue weighted by molar-refractivity contribution is 5.79. The maximum atomic E-state index is 4.55. The van der Waals surface area contributed by atoms with Crippen molar-refractivity contribution in [3.8, 4) is 0 Å². The second-order valence-electron chi connectivity index (χ2n) is 6.27. The van der Waals surface area contributed by atoms with Crippen LogP contribution in [0.1, 0.15) is 31.0 Å². The third kappa shape index (κ3) is 3.80. The molecular formula is C18H25N3. The van der Waals surface area contributed by atoms with Gasteiger partial charge in [-0.1, -0.05) is 12.1 Å². The first-order valence-corrected chi connectivity index (χ1v) is 8.03. The van der Waals surface area contributed by atoms with Crippen LogP contribution < -0.4 is 5.32 Å². The summed E-state index contributed by atoms with van der Waals surface area (Å²) in [5, 5.41) is 4.87. The number of likely N-dealkylation sites (tertiary alicyclic amines) is 1. The molecule has 1 aliphatic heterocycles. The molecule has 0 amide bonds. The van der Waals surface area contributed by atoms with Gasteiger partial charge in [0.15, 0.2) is 0 Å². The van der Waals surface area contributed by atoms with Crippen LogP contribution in [-0.2, 0) is 6.54 Å². The molecule has 21 heavy (non-hydrogen) atoms. The van der Waals surface area contributed by atoms with Gasteiger partial charge in [0.05, 0.1) is 5.52 Å². The Morgan fingerprint density at radius 3 is 2.81 bits per heavy atom. The Morgan fingerprint density at radius 2 is 2.00 bits per heavy atom. The van der Waals surface area contributed by atoms with Gasteiger partial charge >= 0.3 is 0 Å². The second-order valence-corrected chi connectivity index (χ2v) is 6.27. The topological polar surface area (TPSA) is 28.2 Å². The zero-order chi connectivity index (χ0) is 14.7. The number of benzene rings is 1. The van der Waals surface area contributed by atoms with Crippen LogP contribution in [0.3, 0.4) is 0 Å². The number of fused-ring (bicyclic) bond motifs is 1. The van der Waals surface area contributed by atoms with Crippen molar-refractivity contribution in [3.05, 3.63) is 41.6 Å². The number of nitrogens with one attached hydrogen (secondary N) is 1. The Balaban J connectivity index is 1.58. The van der Waals surface area contributed by atoms with E-state index in [1.165, 1.54) is 36.9 Å². The van der Waals surface area contributed by atoms with Gasteiger partial charge in [-0.25, -0.2) is 0 Å². The lowest BCUT2D eigenvalue weighted by Gasteiger charge is -2.21. The van der Waals surface area contributed by atoms with E-state index in [0.29, 0.717) is 6.04 Å². The summed E-state index contributed by atoms with van der Waals surface area (Å²) in [6, 6.07) is 11.3. The zero-order valence-corrected chi connectivity index (χ0v) is 13.1. The molecule has 1 unspecified atom stereocenters. The summed E-state index contributed by atoms with van der Waals surface area (Å²) in [5.41, 5.74) is 3.50. The van der Waals surface area contributed by atoms with Crippen molar-refractivity contribution in [3.63, 3.8) is 0 Å². The van der Waals surface area contributed by atoms with Gasteiger partial charge in [0.1, 0.15) is 0 Å².